The molecule has 1 aliphatic rings. The molecule has 6 heteroatoms. The highest BCUT2D eigenvalue weighted by Gasteiger charge is 2.32. The Kier molecular flexibility index (Phi) is 3.58. The highest BCUT2D eigenvalue weighted by Crippen LogP contribution is 2.34. The zero-order chi connectivity index (χ0) is 15.9. The van der Waals surface area contributed by atoms with Gasteiger partial charge in [0.05, 0.1) is 22.0 Å². The van der Waals surface area contributed by atoms with Crippen molar-refractivity contribution in [2.45, 2.75) is 0 Å². The van der Waals surface area contributed by atoms with Crippen LogP contribution in [0.3, 0.4) is 0 Å². The van der Waals surface area contributed by atoms with E-state index in [1.807, 2.05) is 0 Å². The van der Waals surface area contributed by atoms with E-state index in [2.05, 4.69) is 0 Å². The zero-order valence-electron chi connectivity index (χ0n) is 11.7. The van der Waals surface area contributed by atoms with E-state index in [0.717, 1.165) is 0 Å². The SMILES string of the molecule is CN1C(=O)CN(C(=O)c2c(F)cccc2Cl)c2ccccc21. The van der Waals surface area contributed by atoms with Gasteiger partial charge in [0.2, 0.25) is 5.91 Å². The molecule has 0 fully saturated rings. The number of fused-ring (bicyclic) bond motifs is 1. The number of hydrogen-bond donors (Lipinski definition) is 0. The molecule has 0 saturated heterocycles. The highest BCUT2D eigenvalue weighted by molar-refractivity contribution is 6.35. The summed E-state index contributed by atoms with van der Waals surface area (Å²) in [5.74, 6) is -1.59. The Balaban J connectivity index is 2.11. The third-order valence-corrected chi connectivity index (χ3v) is 3.94. The van der Waals surface area contributed by atoms with Crippen molar-refractivity contribution < 1.29 is 14.0 Å². The first-order valence-electron chi connectivity index (χ1n) is 6.62. The van der Waals surface area contributed by atoms with Gasteiger partial charge in [-0.1, -0.05) is 29.8 Å². The summed E-state index contributed by atoms with van der Waals surface area (Å²) in [6.45, 7) is -0.156. The average Bonchev–Trinajstić information content (AvgIpc) is 2.50. The van der Waals surface area contributed by atoms with Crippen molar-refractivity contribution in [2.24, 2.45) is 0 Å². The molecule has 2 aromatic rings. The maximum absolute atomic E-state index is 14.0. The van der Waals surface area contributed by atoms with Crippen molar-refractivity contribution in [3.8, 4) is 0 Å². The van der Waals surface area contributed by atoms with Crippen molar-refractivity contribution >= 4 is 34.8 Å². The Labute approximate surface area is 131 Å². The average molecular weight is 319 g/mol. The number of hydrogen-bond acceptors (Lipinski definition) is 2. The molecule has 0 aliphatic carbocycles. The van der Waals surface area contributed by atoms with Crippen molar-refractivity contribution in [1.29, 1.82) is 0 Å². The standard InChI is InChI=1S/C16H12ClFN2O2/c1-19-12-7-2-3-8-13(12)20(9-14(19)21)16(22)15-10(17)5-4-6-11(15)18/h2-8H,9H2,1H3. The van der Waals surface area contributed by atoms with Crippen molar-refractivity contribution in [2.75, 3.05) is 23.4 Å². The van der Waals surface area contributed by atoms with Crippen LogP contribution in [-0.4, -0.2) is 25.4 Å². The number of nitrogens with zero attached hydrogens (tertiary/aromatic N) is 2. The Hall–Kier alpha value is -2.40. The topological polar surface area (TPSA) is 40.6 Å². The second-order valence-electron chi connectivity index (χ2n) is 4.93. The van der Waals surface area contributed by atoms with Crippen LogP contribution in [0.1, 0.15) is 10.4 Å². The molecule has 1 aliphatic heterocycles. The number of anilines is 2. The highest BCUT2D eigenvalue weighted by atomic mass is 35.5. The van der Waals surface area contributed by atoms with E-state index in [-0.39, 0.29) is 23.0 Å². The molecule has 1 heterocycles. The van der Waals surface area contributed by atoms with E-state index in [1.165, 1.54) is 28.0 Å². The van der Waals surface area contributed by atoms with Gasteiger partial charge in [0.1, 0.15) is 12.4 Å². The molecule has 0 saturated carbocycles. The summed E-state index contributed by atoms with van der Waals surface area (Å²) in [4.78, 5) is 27.5. The molecule has 0 atom stereocenters. The molecular weight excluding hydrogens is 307 g/mol. The van der Waals surface area contributed by atoms with Gasteiger partial charge in [0.25, 0.3) is 5.91 Å². The molecule has 2 aromatic carbocycles. The summed E-state index contributed by atoms with van der Waals surface area (Å²) >= 11 is 5.95. The minimum atomic E-state index is -0.707. The van der Waals surface area contributed by atoms with E-state index >= 15 is 0 Å². The predicted octanol–water partition coefficient (Wildman–Crippen LogP) is 3.10. The third kappa shape index (κ3) is 2.23. The summed E-state index contributed by atoms with van der Waals surface area (Å²) in [6, 6.07) is 11.0. The number of carbonyl (C=O) groups is 2. The third-order valence-electron chi connectivity index (χ3n) is 3.62. The van der Waals surface area contributed by atoms with E-state index < -0.39 is 11.7 Å². The second-order valence-corrected chi connectivity index (χ2v) is 5.34. The molecule has 112 valence electrons. The van der Waals surface area contributed by atoms with Gasteiger partial charge in [0.15, 0.2) is 0 Å². The van der Waals surface area contributed by atoms with Crippen molar-refractivity contribution in [1.82, 2.24) is 0 Å². The number of carbonyl (C=O) groups excluding carboxylic acids is 2. The molecule has 4 nitrogen and oxygen atoms in total. The normalized spacial score (nSPS) is 14.0. The summed E-state index contributed by atoms with van der Waals surface area (Å²) in [6.07, 6.45) is 0. The first-order valence-corrected chi connectivity index (χ1v) is 7.00. The lowest BCUT2D eigenvalue weighted by Crippen LogP contribution is -2.46. The van der Waals surface area contributed by atoms with Gasteiger partial charge in [0, 0.05) is 7.05 Å². The van der Waals surface area contributed by atoms with Crippen molar-refractivity contribution in [3.63, 3.8) is 0 Å². The summed E-state index contributed by atoms with van der Waals surface area (Å²) in [5.41, 5.74) is 0.921. The van der Waals surface area contributed by atoms with Crippen LogP contribution in [0, 0.1) is 5.82 Å². The Bertz CT molecular complexity index is 758. The fraction of sp³-hybridized carbons (Fsp3) is 0.125. The number of rotatable bonds is 1. The van der Waals surface area contributed by atoms with Crippen LogP contribution in [0.5, 0.6) is 0 Å². The predicted molar refractivity (Wildman–Crippen MR) is 82.9 cm³/mol. The number of amides is 2. The maximum Gasteiger partial charge on any atom is 0.263 e. The molecule has 0 radical (unpaired) electrons. The lowest BCUT2D eigenvalue weighted by Gasteiger charge is -2.34. The van der Waals surface area contributed by atoms with Gasteiger partial charge in [-0.2, -0.15) is 0 Å². The number of benzene rings is 2. The van der Waals surface area contributed by atoms with E-state index in [1.54, 1.807) is 31.3 Å². The Morgan fingerprint density at radius 3 is 2.50 bits per heavy atom. The van der Waals surface area contributed by atoms with Gasteiger partial charge in [-0.25, -0.2) is 4.39 Å². The first-order chi connectivity index (χ1) is 10.5. The van der Waals surface area contributed by atoms with Crippen LogP contribution in [0.4, 0.5) is 15.8 Å². The molecule has 0 spiro atoms. The second kappa shape index (κ2) is 5.42. The monoisotopic (exact) mass is 318 g/mol. The lowest BCUT2D eigenvalue weighted by molar-refractivity contribution is -0.117. The largest absolute Gasteiger partial charge is 0.312 e. The quantitative estimate of drug-likeness (QED) is 0.810. The van der Waals surface area contributed by atoms with Gasteiger partial charge >= 0.3 is 0 Å². The lowest BCUT2D eigenvalue weighted by atomic mass is 10.1. The van der Waals surface area contributed by atoms with Crippen LogP contribution in [-0.2, 0) is 4.79 Å². The van der Waals surface area contributed by atoms with Crippen LogP contribution in [0.15, 0.2) is 42.5 Å². The van der Waals surface area contributed by atoms with E-state index in [0.29, 0.717) is 11.4 Å². The maximum atomic E-state index is 14.0. The molecule has 2 amide bonds. The molecule has 0 bridgehead atoms. The smallest absolute Gasteiger partial charge is 0.263 e. The number of likely N-dealkylation sites (N-methyl/N-ethyl adjacent to an activating group) is 1. The molecular formula is C16H12ClFN2O2. The van der Waals surface area contributed by atoms with Crippen LogP contribution < -0.4 is 9.80 Å². The summed E-state index contributed by atoms with van der Waals surface area (Å²) < 4.78 is 14.0. The fourth-order valence-corrected chi connectivity index (χ4v) is 2.70. The van der Waals surface area contributed by atoms with E-state index in [4.69, 9.17) is 11.6 Å². The molecule has 0 N–H and O–H groups in total. The van der Waals surface area contributed by atoms with Crippen molar-refractivity contribution in [3.05, 3.63) is 58.9 Å². The van der Waals surface area contributed by atoms with Crippen LogP contribution in [0.2, 0.25) is 5.02 Å². The minimum absolute atomic E-state index is 0.0221. The Morgan fingerprint density at radius 2 is 1.82 bits per heavy atom. The van der Waals surface area contributed by atoms with E-state index in [9.17, 15) is 14.0 Å². The molecule has 0 unspecified atom stereocenters. The fourth-order valence-electron chi connectivity index (χ4n) is 2.46. The summed E-state index contributed by atoms with van der Waals surface area (Å²) in [5, 5.41) is 0.0221. The minimum Gasteiger partial charge on any atom is -0.312 e. The van der Waals surface area contributed by atoms with Gasteiger partial charge < -0.3 is 4.90 Å². The van der Waals surface area contributed by atoms with Gasteiger partial charge in [-0.05, 0) is 24.3 Å². The van der Waals surface area contributed by atoms with Gasteiger partial charge in [-0.15, -0.1) is 0 Å². The first kappa shape index (κ1) is 14.5. The van der Waals surface area contributed by atoms with Crippen LogP contribution >= 0.6 is 11.6 Å². The molecule has 0 aromatic heterocycles. The van der Waals surface area contributed by atoms with Crippen LogP contribution in [0.25, 0.3) is 0 Å². The number of para-hydroxylation sites is 2. The van der Waals surface area contributed by atoms with Gasteiger partial charge in [-0.3, -0.25) is 14.5 Å². The number of halogens is 2. The molecule has 3 rings (SSSR count). The summed E-state index contributed by atoms with van der Waals surface area (Å²) in [7, 11) is 1.64. The Morgan fingerprint density at radius 1 is 1.14 bits per heavy atom. The molecule has 22 heavy (non-hydrogen) atoms. The zero-order valence-corrected chi connectivity index (χ0v) is 12.5.